The largest absolute Gasteiger partial charge is 0.341 e. The van der Waals surface area contributed by atoms with Crippen LogP contribution in [0.1, 0.15) is 5.56 Å². The summed E-state index contributed by atoms with van der Waals surface area (Å²) in [7, 11) is 0. The van der Waals surface area contributed by atoms with E-state index < -0.39 is 6.17 Å². The Bertz CT molecular complexity index is 934. The van der Waals surface area contributed by atoms with Crippen LogP contribution in [0.2, 0.25) is 0 Å². The molecule has 1 unspecified atom stereocenters. The molecule has 3 aromatic carbocycles. The Morgan fingerprint density at radius 2 is 1.24 bits per heavy atom. The minimum Gasteiger partial charge on any atom is -0.341 e. The number of rotatable bonds is 2. The second-order valence-electron chi connectivity index (χ2n) is 5.70. The van der Waals surface area contributed by atoms with Crippen LogP contribution in [0, 0.1) is 0 Å². The average molecular weight is 329 g/mol. The number of anilines is 1. The zero-order valence-electron chi connectivity index (χ0n) is 13.4. The first-order valence-corrected chi connectivity index (χ1v) is 8.09. The lowest BCUT2D eigenvalue weighted by atomic mass is 10.1. The SMILES string of the molecule is FC1C(Nc2ccccc2)=Nc2ccccc2N=C1c1ccccc1. The minimum atomic E-state index is -1.45. The summed E-state index contributed by atoms with van der Waals surface area (Å²) in [6.45, 7) is 0. The molecule has 0 aromatic heterocycles. The van der Waals surface area contributed by atoms with E-state index in [4.69, 9.17) is 0 Å². The standard InChI is InChI=1S/C21H16FN3/c22-19-20(15-9-3-1-4-10-15)24-17-13-7-8-14-18(17)25-21(19)23-16-11-5-2-6-12-16/h1-14,19H,(H,23,25). The van der Waals surface area contributed by atoms with Crippen molar-refractivity contribution in [2.45, 2.75) is 6.17 Å². The van der Waals surface area contributed by atoms with Gasteiger partial charge in [-0.1, -0.05) is 60.7 Å². The highest BCUT2D eigenvalue weighted by molar-refractivity contribution is 6.22. The van der Waals surface area contributed by atoms with Crippen LogP contribution < -0.4 is 5.32 Å². The number of para-hydroxylation sites is 3. The van der Waals surface area contributed by atoms with Crippen LogP contribution >= 0.6 is 0 Å². The highest BCUT2D eigenvalue weighted by atomic mass is 19.1. The molecule has 0 fully saturated rings. The van der Waals surface area contributed by atoms with Crippen LogP contribution in [0.25, 0.3) is 0 Å². The number of hydrogen-bond acceptors (Lipinski definition) is 3. The Balaban J connectivity index is 1.82. The second-order valence-corrected chi connectivity index (χ2v) is 5.70. The van der Waals surface area contributed by atoms with Gasteiger partial charge < -0.3 is 5.32 Å². The minimum absolute atomic E-state index is 0.235. The van der Waals surface area contributed by atoms with Gasteiger partial charge in [-0.05, 0) is 29.8 Å². The van der Waals surface area contributed by atoms with Crippen LogP contribution in [0.15, 0.2) is 94.9 Å². The molecule has 1 N–H and O–H groups in total. The first kappa shape index (κ1) is 15.3. The molecule has 1 heterocycles. The summed E-state index contributed by atoms with van der Waals surface area (Å²) in [5.41, 5.74) is 3.20. The fraction of sp³-hybridized carbons (Fsp3) is 0.0476. The van der Waals surface area contributed by atoms with Crippen molar-refractivity contribution in [2.75, 3.05) is 5.32 Å². The summed E-state index contributed by atoms with van der Waals surface area (Å²) in [5, 5.41) is 3.11. The van der Waals surface area contributed by atoms with Gasteiger partial charge >= 0.3 is 0 Å². The summed E-state index contributed by atoms with van der Waals surface area (Å²) in [6, 6.07) is 26.3. The van der Waals surface area contributed by atoms with Gasteiger partial charge in [-0.3, -0.25) is 0 Å². The van der Waals surface area contributed by atoms with Crippen LogP contribution in [0.5, 0.6) is 0 Å². The van der Waals surface area contributed by atoms with E-state index in [1.54, 1.807) is 0 Å². The van der Waals surface area contributed by atoms with Gasteiger partial charge in [0.05, 0.1) is 17.1 Å². The number of benzene rings is 3. The average Bonchev–Trinajstić information content (AvgIpc) is 2.80. The number of alkyl halides is 1. The summed E-state index contributed by atoms with van der Waals surface area (Å²) in [4.78, 5) is 9.08. The second kappa shape index (κ2) is 6.69. The Hall–Kier alpha value is -3.27. The van der Waals surface area contributed by atoms with Crippen molar-refractivity contribution >= 4 is 28.6 Å². The molecule has 3 nitrogen and oxygen atoms in total. The lowest BCUT2D eigenvalue weighted by Crippen LogP contribution is -2.31. The van der Waals surface area contributed by atoms with Gasteiger partial charge in [0.2, 0.25) is 0 Å². The summed E-state index contributed by atoms with van der Waals surface area (Å²) < 4.78 is 15.4. The monoisotopic (exact) mass is 329 g/mol. The van der Waals surface area contributed by atoms with E-state index in [0.29, 0.717) is 17.1 Å². The zero-order chi connectivity index (χ0) is 17.1. The van der Waals surface area contributed by atoms with E-state index in [2.05, 4.69) is 15.3 Å². The Labute approximate surface area is 145 Å². The number of fused-ring (bicyclic) bond motifs is 1. The third kappa shape index (κ3) is 3.19. The zero-order valence-corrected chi connectivity index (χ0v) is 13.4. The predicted octanol–water partition coefficient (Wildman–Crippen LogP) is 5.30. The molecule has 25 heavy (non-hydrogen) atoms. The highest BCUT2D eigenvalue weighted by Crippen LogP contribution is 2.32. The van der Waals surface area contributed by atoms with Crippen molar-refractivity contribution in [1.82, 2.24) is 0 Å². The van der Waals surface area contributed by atoms with Crippen molar-refractivity contribution in [3.05, 3.63) is 90.5 Å². The van der Waals surface area contributed by atoms with Crippen molar-refractivity contribution in [1.29, 1.82) is 0 Å². The Morgan fingerprint density at radius 1 is 0.680 bits per heavy atom. The molecule has 122 valence electrons. The van der Waals surface area contributed by atoms with Gasteiger partial charge in [0, 0.05) is 5.69 Å². The van der Waals surface area contributed by atoms with Gasteiger partial charge in [-0.2, -0.15) is 0 Å². The molecule has 4 heteroatoms. The maximum atomic E-state index is 15.4. The van der Waals surface area contributed by atoms with Crippen molar-refractivity contribution in [3.63, 3.8) is 0 Å². The molecule has 1 aliphatic heterocycles. The molecular formula is C21H16FN3. The normalized spacial score (nSPS) is 16.3. The third-order valence-electron chi connectivity index (χ3n) is 3.96. The van der Waals surface area contributed by atoms with Gasteiger partial charge in [-0.15, -0.1) is 0 Å². The van der Waals surface area contributed by atoms with E-state index in [0.717, 1.165) is 11.3 Å². The van der Waals surface area contributed by atoms with E-state index in [9.17, 15) is 0 Å². The maximum absolute atomic E-state index is 15.4. The molecule has 1 atom stereocenters. The number of aliphatic imine (C=N–C) groups is 2. The van der Waals surface area contributed by atoms with Crippen LogP contribution in [-0.2, 0) is 0 Å². The molecular weight excluding hydrogens is 313 g/mol. The first-order chi connectivity index (χ1) is 12.3. The Morgan fingerprint density at radius 3 is 1.92 bits per heavy atom. The highest BCUT2D eigenvalue weighted by Gasteiger charge is 2.26. The smallest absolute Gasteiger partial charge is 0.200 e. The first-order valence-electron chi connectivity index (χ1n) is 8.09. The molecule has 0 bridgehead atoms. The fourth-order valence-electron chi connectivity index (χ4n) is 2.74. The molecule has 4 rings (SSSR count). The quantitative estimate of drug-likeness (QED) is 0.680. The number of hydrogen-bond donors (Lipinski definition) is 1. The maximum Gasteiger partial charge on any atom is 0.200 e. The van der Waals surface area contributed by atoms with Gasteiger partial charge in [0.25, 0.3) is 0 Å². The van der Waals surface area contributed by atoms with Crippen LogP contribution in [-0.4, -0.2) is 17.7 Å². The number of amidine groups is 1. The predicted molar refractivity (Wildman–Crippen MR) is 101 cm³/mol. The molecule has 3 aromatic rings. The lowest BCUT2D eigenvalue weighted by molar-refractivity contribution is 0.515. The van der Waals surface area contributed by atoms with Gasteiger partial charge in [0.1, 0.15) is 5.84 Å². The van der Waals surface area contributed by atoms with Crippen molar-refractivity contribution in [2.24, 2.45) is 9.98 Å². The molecule has 0 saturated heterocycles. The van der Waals surface area contributed by atoms with E-state index in [-0.39, 0.29) is 5.84 Å². The molecule has 0 amide bonds. The topological polar surface area (TPSA) is 36.8 Å². The summed E-state index contributed by atoms with van der Waals surface area (Å²) in [6.07, 6.45) is -1.45. The summed E-state index contributed by atoms with van der Waals surface area (Å²) in [5.74, 6) is 0.235. The molecule has 0 radical (unpaired) electrons. The van der Waals surface area contributed by atoms with Gasteiger partial charge in [0.15, 0.2) is 6.17 Å². The van der Waals surface area contributed by atoms with Crippen LogP contribution in [0.3, 0.4) is 0 Å². The van der Waals surface area contributed by atoms with E-state index >= 15 is 4.39 Å². The number of halogens is 1. The Kier molecular flexibility index (Phi) is 4.09. The molecule has 0 saturated carbocycles. The van der Waals surface area contributed by atoms with Crippen LogP contribution in [0.4, 0.5) is 21.5 Å². The molecule has 1 aliphatic rings. The van der Waals surface area contributed by atoms with E-state index in [1.807, 2.05) is 84.9 Å². The molecule has 0 aliphatic carbocycles. The summed E-state index contributed by atoms with van der Waals surface area (Å²) >= 11 is 0. The molecule has 0 spiro atoms. The third-order valence-corrected chi connectivity index (χ3v) is 3.96. The van der Waals surface area contributed by atoms with Crippen molar-refractivity contribution in [3.8, 4) is 0 Å². The van der Waals surface area contributed by atoms with Gasteiger partial charge in [-0.25, -0.2) is 14.4 Å². The lowest BCUT2D eigenvalue weighted by Gasteiger charge is -2.14. The number of nitrogens with one attached hydrogen (secondary N) is 1. The van der Waals surface area contributed by atoms with Crippen molar-refractivity contribution < 1.29 is 4.39 Å². The number of nitrogens with zero attached hydrogens (tertiary/aromatic N) is 2. The fourth-order valence-corrected chi connectivity index (χ4v) is 2.74. The van der Waals surface area contributed by atoms with E-state index in [1.165, 1.54) is 0 Å².